The minimum absolute atomic E-state index is 0.00482. The van der Waals surface area contributed by atoms with Crippen molar-refractivity contribution in [3.8, 4) is 11.5 Å². The molecule has 0 aromatic heterocycles. The van der Waals surface area contributed by atoms with Crippen molar-refractivity contribution < 1.29 is 19.1 Å². The summed E-state index contributed by atoms with van der Waals surface area (Å²) in [4.78, 5) is 27.6. The van der Waals surface area contributed by atoms with Crippen LogP contribution < -0.4 is 14.8 Å². The number of fused-ring (bicyclic) bond motifs is 1. The Bertz CT molecular complexity index is 735. The first-order chi connectivity index (χ1) is 13.1. The van der Waals surface area contributed by atoms with Gasteiger partial charge in [-0.25, -0.2) is 0 Å². The summed E-state index contributed by atoms with van der Waals surface area (Å²) < 4.78 is 10.8. The molecule has 1 aromatic rings. The lowest BCUT2D eigenvalue weighted by Crippen LogP contribution is -2.63. The first-order valence-electron chi connectivity index (χ1n) is 9.64. The average Bonchev–Trinajstić information content (AvgIpc) is 3.13. The molecular formula is C20H26N2O4S. The summed E-state index contributed by atoms with van der Waals surface area (Å²) in [6.45, 7) is 2.51. The maximum absolute atomic E-state index is 13.2. The van der Waals surface area contributed by atoms with E-state index < -0.39 is 5.54 Å². The molecule has 146 valence electrons. The van der Waals surface area contributed by atoms with Crippen LogP contribution in [0.5, 0.6) is 11.5 Å². The number of amides is 2. The molecule has 2 fully saturated rings. The fraction of sp³-hybridized carbons (Fsp3) is 0.600. The highest BCUT2D eigenvalue weighted by Crippen LogP contribution is 2.35. The summed E-state index contributed by atoms with van der Waals surface area (Å²) in [6, 6.07) is 5.93. The minimum atomic E-state index is -0.839. The number of benzene rings is 1. The Morgan fingerprint density at radius 2 is 2.04 bits per heavy atom. The lowest BCUT2D eigenvalue weighted by Gasteiger charge is -2.44. The highest BCUT2D eigenvalue weighted by Gasteiger charge is 2.45. The lowest BCUT2D eigenvalue weighted by molar-refractivity contribution is -0.145. The van der Waals surface area contributed by atoms with Crippen LogP contribution in [0, 0.1) is 0 Å². The maximum atomic E-state index is 13.2. The number of carbonyl (C=O) groups is 2. The van der Waals surface area contributed by atoms with Crippen molar-refractivity contribution in [2.45, 2.75) is 57.2 Å². The van der Waals surface area contributed by atoms with E-state index >= 15 is 0 Å². The molecule has 1 unspecified atom stereocenters. The second-order valence-corrected chi connectivity index (χ2v) is 8.73. The third kappa shape index (κ3) is 3.74. The van der Waals surface area contributed by atoms with Gasteiger partial charge in [-0.15, -0.1) is 11.8 Å². The zero-order chi connectivity index (χ0) is 18.9. The smallest absolute Gasteiger partial charge is 0.246 e. The molecule has 2 aliphatic heterocycles. The Morgan fingerprint density at radius 3 is 2.85 bits per heavy atom. The fourth-order valence-corrected chi connectivity index (χ4v) is 5.15. The summed E-state index contributed by atoms with van der Waals surface area (Å²) in [5.74, 6) is 2.41. The van der Waals surface area contributed by atoms with E-state index in [0.29, 0.717) is 23.8 Å². The number of nitrogens with one attached hydrogen (secondary N) is 1. The third-order valence-corrected chi connectivity index (χ3v) is 6.93. The van der Waals surface area contributed by atoms with E-state index in [4.69, 9.17) is 9.47 Å². The average molecular weight is 391 g/mol. The second-order valence-electron chi connectivity index (χ2n) is 7.74. The number of hydrogen-bond acceptors (Lipinski definition) is 5. The number of carbonyl (C=O) groups excluding carboxylic acids is 2. The van der Waals surface area contributed by atoms with Crippen molar-refractivity contribution in [3.05, 3.63) is 23.8 Å². The zero-order valence-corrected chi connectivity index (χ0v) is 16.5. The number of rotatable bonds is 4. The van der Waals surface area contributed by atoms with E-state index in [1.165, 1.54) is 18.2 Å². The SMILES string of the molecule is CC1(C(=O)NC2CCCCC2)CSCC(=O)N1Cc1ccc2c(c1)OCO2. The topological polar surface area (TPSA) is 67.9 Å². The van der Waals surface area contributed by atoms with Crippen LogP contribution in [0.2, 0.25) is 0 Å². The molecule has 1 aromatic carbocycles. The normalized spacial score (nSPS) is 25.5. The summed E-state index contributed by atoms with van der Waals surface area (Å²) in [6.07, 6.45) is 5.64. The van der Waals surface area contributed by atoms with Gasteiger partial charge in [0.15, 0.2) is 11.5 Å². The minimum Gasteiger partial charge on any atom is -0.454 e. The van der Waals surface area contributed by atoms with E-state index in [9.17, 15) is 9.59 Å². The van der Waals surface area contributed by atoms with Gasteiger partial charge in [-0.1, -0.05) is 25.3 Å². The van der Waals surface area contributed by atoms with E-state index in [1.54, 1.807) is 4.90 Å². The molecule has 7 heteroatoms. The van der Waals surface area contributed by atoms with Gasteiger partial charge in [-0.2, -0.15) is 0 Å². The zero-order valence-electron chi connectivity index (χ0n) is 15.7. The van der Waals surface area contributed by atoms with E-state index in [2.05, 4.69) is 5.32 Å². The Morgan fingerprint density at radius 1 is 1.26 bits per heavy atom. The first kappa shape index (κ1) is 18.5. The molecule has 1 aliphatic carbocycles. The molecule has 1 saturated carbocycles. The molecule has 1 atom stereocenters. The molecule has 6 nitrogen and oxygen atoms in total. The Labute approximate surface area is 164 Å². The van der Waals surface area contributed by atoms with Gasteiger partial charge in [0.05, 0.1) is 5.75 Å². The van der Waals surface area contributed by atoms with Gasteiger partial charge in [-0.05, 0) is 37.5 Å². The number of nitrogens with zero attached hydrogens (tertiary/aromatic N) is 1. The van der Waals surface area contributed by atoms with Gasteiger partial charge in [0, 0.05) is 18.3 Å². The predicted molar refractivity (Wildman–Crippen MR) is 104 cm³/mol. The molecular weight excluding hydrogens is 364 g/mol. The van der Waals surface area contributed by atoms with Gasteiger partial charge in [-0.3, -0.25) is 9.59 Å². The second kappa shape index (κ2) is 7.62. The van der Waals surface area contributed by atoms with Crippen molar-refractivity contribution >= 4 is 23.6 Å². The maximum Gasteiger partial charge on any atom is 0.246 e. The molecule has 3 aliphatic rings. The molecule has 0 bridgehead atoms. The molecule has 0 radical (unpaired) electrons. The predicted octanol–water partition coefficient (Wildman–Crippen LogP) is 2.70. The lowest BCUT2D eigenvalue weighted by atomic mass is 9.93. The van der Waals surface area contributed by atoms with Crippen LogP contribution in [-0.4, -0.2) is 46.6 Å². The Hall–Kier alpha value is -1.89. The molecule has 2 amide bonds. The summed E-state index contributed by atoms with van der Waals surface area (Å²) >= 11 is 1.54. The largest absolute Gasteiger partial charge is 0.454 e. The molecule has 2 heterocycles. The van der Waals surface area contributed by atoms with E-state index in [0.717, 1.165) is 37.0 Å². The molecule has 1 N–H and O–H groups in total. The van der Waals surface area contributed by atoms with Crippen molar-refractivity contribution in [2.75, 3.05) is 18.3 Å². The van der Waals surface area contributed by atoms with Crippen LogP contribution >= 0.6 is 11.8 Å². The van der Waals surface area contributed by atoms with Gasteiger partial charge < -0.3 is 19.7 Å². The van der Waals surface area contributed by atoms with Gasteiger partial charge in [0.2, 0.25) is 18.6 Å². The molecule has 4 rings (SSSR count). The van der Waals surface area contributed by atoms with Crippen molar-refractivity contribution in [1.29, 1.82) is 0 Å². The number of hydrogen-bond donors (Lipinski definition) is 1. The van der Waals surface area contributed by atoms with E-state index in [-0.39, 0.29) is 24.6 Å². The first-order valence-corrected chi connectivity index (χ1v) is 10.8. The summed E-state index contributed by atoms with van der Waals surface area (Å²) in [5.41, 5.74) is 0.101. The van der Waals surface area contributed by atoms with Crippen molar-refractivity contribution in [2.24, 2.45) is 0 Å². The number of thioether (sulfide) groups is 1. The Kier molecular flexibility index (Phi) is 5.21. The standard InChI is InChI=1S/C20H26N2O4S/c1-20(19(24)21-15-5-3-2-4-6-15)12-27-11-18(23)22(20)10-14-7-8-16-17(9-14)26-13-25-16/h7-9,15H,2-6,10-13H2,1H3,(H,21,24). The highest BCUT2D eigenvalue weighted by molar-refractivity contribution is 8.00. The quantitative estimate of drug-likeness (QED) is 0.856. The molecule has 1 saturated heterocycles. The van der Waals surface area contributed by atoms with Gasteiger partial charge >= 0.3 is 0 Å². The van der Waals surface area contributed by atoms with Crippen LogP contribution in [0.4, 0.5) is 0 Å². The van der Waals surface area contributed by atoms with Gasteiger partial charge in [0.1, 0.15) is 5.54 Å². The monoisotopic (exact) mass is 390 g/mol. The Balaban J connectivity index is 1.52. The van der Waals surface area contributed by atoms with Crippen molar-refractivity contribution in [1.82, 2.24) is 10.2 Å². The van der Waals surface area contributed by atoms with Crippen LogP contribution in [0.15, 0.2) is 18.2 Å². The van der Waals surface area contributed by atoms with Crippen molar-refractivity contribution in [3.63, 3.8) is 0 Å². The summed E-state index contributed by atoms with van der Waals surface area (Å²) in [7, 11) is 0. The van der Waals surface area contributed by atoms with Crippen LogP contribution in [0.25, 0.3) is 0 Å². The summed E-state index contributed by atoms with van der Waals surface area (Å²) in [5, 5.41) is 3.22. The van der Waals surface area contributed by atoms with E-state index in [1.807, 2.05) is 25.1 Å². The van der Waals surface area contributed by atoms with Crippen LogP contribution in [-0.2, 0) is 16.1 Å². The fourth-order valence-electron chi connectivity index (χ4n) is 4.03. The third-order valence-electron chi connectivity index (χ3n) is 5.71. The molecule has 27 heavy (non-hydrogen) atoms. The number of ether oxygens (including phenoxy) is 2. The van der Waals surface area contributed by atoms with Crippen LogP contribution in [0.3, 0.4) is 0 Å². The molecule has 0 spiro atoms. The highest BCUT2D eigenvalue weighted by atomic mass is 32.2. The van der Waals surface area contributed by atoms with Crippen LogP contribution in [0.1, 0.15) is 44.6 Å². The van der Waals surface area contributed by atoms with Gasteiger partial charge in [0.25, 0.3) is 0 Å².